The van der Waals surface area contributed by atoms with Gasteiger partial charge >= 0.3 is 0 Å². The predicted octanol–water partition coefficient (Wildman–Crippen LogP) is 4.94. The lowest BCUT2D eigenvalue weighted by Gasteiger charge is -2.19. The maximum atomic E-state index is 14.0. The summed E-state index contributed by atoms with van der Waals surface area (Å²) in [5.41, 5.74) is 0.640. The molecular weight excluding hydrogens is 305 g/mol. The third-order valence-electron chi connectivity index (χ3n) is 2.82. The fourth-order valence-electron chi connectivity index (χ4n) is 1.77. The quantitative estimate of drug-likeness (QED) is 0.757. The topological polar surface area (TPSA) is 12.0 Å². The SMILES string of the molecule is CNC(CCC(C)C)c1ccc(Br)c(Cl)c1F. The number of benzene rings is 1. The molecule has 0 radical (unpaired) electrons. The van der Waals surface area contributed by atoms with E-state index in [1.54, 1.807) is 12.1 Å². The summed E-state index contributed by atoms with van der Waals surface area (Å²) in [4.78, 5) is 0. The Morgan fingerprint density at radius 2 is 2.00 bits per heavy atom. The summed E-state index contributed by atoms with van der Waals surface area (Å²) < 4.78 is 14.6. The minimum Gasteiger partial charge on any atom is -0.313 e. The smallest absolute Gasteiger partial charge is 0.147 e. The summed E-state index contributed by atoms with van der Waals surface area (Å²) in [5.74, 6) is 0.281. The minimum atomic E-state index is -0.329. The van der Waals surface area contributed by atoms with Crippen molar-refractivity contribution in [2.75, 3.05) is 7.05 Å². The molecule has 0 aliphatic rings. The van der Waals surface area contributed by atoms with Crippen LogP contribution in [0.25, 0.3) is 0 Å². The second kappa shape index (κ2) is 6.72. The Balaban J connectivity index is 2.92. The summed E-state index contributed by atoms with van der Waals surface area (Å²) in [5, 5.41) is 3.31. The Hall–Kier alpha value is -0.120. The van der Waals surface area contributed by atoms with Crippen LogP contribution in [0.2, 0.25) is 5.02 Å². The van der Waals surface area contributed by atoms with Crippen molar-refractivity contribution in [2.24, 2.45) is 5.92 Å². The Kier molecular flexibility index (Phi) is 5.90. The van der Waals surface area contributed by atoms with Crippen LogP contribution < -0.4 is 5.32 Å². The molecule has 96 valence electrons. The van der Waals surface area contributed by atoms with Crippen molar-refractivity contribution < 1.29 is 4.39 Å². The van der Waals surface area contributed by atoms with Gasteiger partial charge in [0, 0.05) is 16.1 Å². The van der Waals surface area contributed by atoms with E-state index in [0.717, 1.165) is 12.8 Å². The van der Waals surface area contributed by atoms with Crippen LogP contribution in [0, 0.1) is 11.7 Å². The Morgan fingerprint density at radius 1 is 1.35 bits per heavy atom. The molecule has 1 atom stereocenters. The number of halogens is 3. The average Bonchev–Trinajstić information content (AvgIpc) is 2.29. The van der Waals surface area contributed by atoms with Crippen LogP contribution in [0.3, 0.4) is 0 Å². The van der Waals surface area contributed by atoms with Crippen LogP contribution in [-0.2, 0) is 0 Å². The summed E-state index contributed by atoms with van der Waals surface area (Å²) in [6.45, 7) is 4.33. The van der Waals surface area contributed by atoms with Crippen molar-refractivity contribution in [1.29, 1.82) is 0 Å². The zero-order valence-electron chi connectivity index (χ0n) is 10.4. The third kappa shape index (κ3) is 3.94. The predicted molar refractivity (Wildman–Crippen MR) is 75.0 cm³/mol. The normalized spacial score (nSPS) is 13.1. The van der Waals surface area contributed by atoms with Crippen LogP contribution in [-0.4, -0.2) is 7.05 Å². The average molecular weight is 323 g/mol. The molecule has 0 aliphatic carbocycles. The van der Waals surface area contributed by atoms with Crippen LogP contribution in [0.5, 0.6) is 0 Å². The molecule has 1 N–H and O–H groups in total. The first-order valence-corrected chi connectivity index (χ1v) is 6.95. The van der Waals surface area contributed by atoms with Gasteiger partial charge in [0.05, 0.1) is 5.02 Å². The highest BCUT2D eigenvalue weighted by atomic mass is 79.9. The molecule has 17 heavy (non-hydrogen) atoms. The van der Waals surface area contributed by atoms with Crippen molar-refractivity contribution in [3.63, 3.8) is 0 Å². The summed E-state index contributed by atoms with van der Waals surface area (Å²) in [6, 6.07) is 3.59. The Labute approximate surface area is 116 Å². The summed E-state index contributed by atoms with van der Waals surface area (Å²) >= 11 is 9.12. The number of nitrogens with one attached hydrogen (secondary N) is 1. The third-order valence-corrected chi connectivity index (χ3v) is 4.08. The Bertz CT molecular complexity index is 382. The van der Waals surface area contributed by atoms with Crippen molar-refractivity contribution in [3.05, 3.63) is 33.0 Å². The molecule has 1 aromatic rings. The van der Waals surface area contributed by atoms with E-state index in [4.69, 9.17) is 11.6 Å². The van der Waals surface area contributed by atoms with Gasteiger partial charge in [-0.3, -0.25) is 0 Å². The Morgan fingerprint density at radius 3 is 2.53 bits per heavy atom. The van der Waals surface area contributed by atoms with E-state index in [9.17, 15) is 4.39 Å². The lowest BCUT2D eigenvalue weighted by Crippen LogP contribution is -2.18. The van der Waals surface area contributed by atoms with E-state index in [1.165, 1.54) is 0 Å². The standard InChI is InChI=1S/C13H18BrClFN/c1-8(2)4-7-11(17-3)9-5-6-10(14)12(15)13(9)16/h5-6,8,11,17H,4,7H2,1-3H3. The first-order valence-electron chi connectivity index (χ1n) is 5.78. The lowest BCUT2D eigenvalue weighted by atomic mass is 9.97. The van der Waals surface area contributed by atoms with E-state index < -0.39 is 0 Å². The summed E-state index contributed by atoms with van der Waals surface area (Å²) in [6.07, 6.45) is 1.96. The van der Waals surface area contributed by atoms with Gasteiger partial charge in [0.15, 0.2) is 0 Å². The second-order valence-electron chi connectivity index (χ2n) is 4.58. The molecule has 0 saturated heterocycles. The molecular formula is C13H18BrClFN. The highest BCUT2D eigenvalue weighted by molar-refractivity contribution is 9.10. The number of hydrogen-bond acceptors (Lipinski definition) is 1. The molecule has 1 unspecified atom stereocenters. The highest BCUT2D eigenvalue weighted by Crippen LogP contribution is 2.32. The zero-order valence-corrected chi connectivity index (χ0v) is 12.7. The second-order valence-corrected chi connectivity index (χ2v) is 5.81. The minimum absolute atomic E-state index is 0.0167. The molecule has 1 nitrogen and oxygen atoms in total. The van der Waals surface area contributed by atoms with Gasteiger partial charge in [0.25, 0.3) is 0 Å². The van der Waals surface area contributed by atoms with Gasteiger partial charge < -0.3 is 5.32 Å². The molecule has 0 saturated carbocycles. The maximum absolute atomic E-state index is 14.0. The van der Waals surface area contributed by atoms with Crippen molar-refractivity contribution in [1.82, 2.24) is 5.32 Å². The van der Waals surface area contributed by atoms with Gasteiger partial charge in [-0.2, -0.15) is 0 Å². The van der Waals surface area contributed by atoms with Crippen molar-refractivity contribution >= 4 is 27.5 Å². The highest BCUT2D eigenvalue weighted by Gasteiger charge is 2.17. The van der Waals surface area contributed by atoms with Gasteiger partial charge in [-0.15, -0.1) is 0 Å². The van der Waals surface area contributed by atoms with Crippen LogP contribution in [0.1, 0.15) is 38.3 Å². The molecule has 0 heterocycles. The van der Waals surface area contributed by atoms with Crippen molar-refractivity contribution in [3.8, 4) is 0 Å². The van der Waals surface area contributed by atoms with Gasteiger partial charge in [0.2, 0.25) is 0 Å². The van der Waals surface area contributed by atoms with E-state index >= 15 is 0 Å². The fraction of sp³-hybridized carbons (Fsp3) is 0.538. The van der Waals surface area contributed by atoms with E-state index in [-0.39, 0.29) is 16.9 Å². The first-order chi connectivity index (χ1) is 7.97. The summed E-state index contributed by atoms with van der Waals surface area (Å²) in [7, 11) is 1.85. The first kappa shape index (κ1) is 14.9. The molecule has 0 aromatic heterocycles. The van der Waals surface area contributed by atoms with Gasteiger partial charge in [-0.1, -0.05) is 31.5 Å². The molecule has 0 fully saturated rings. The van der Waals surface area contributed by atoms with Crippen LogP contribution >= 0.6 is 27.5 Å². The lowest BCUT2D eigenvalue weighted by molar-refractivity contribution is 0.449. The van der Waals surface area contributed by atoms with Crippen LogP contribution in [0.15, 0.2) is 16.6 Å². The van der Waals surface area contributed by atoms with Crippen LogP contribution in [0.4, 0.5) is 4.39 Å². The molecule has 4 heteroatoms. The fourth-order valence-corrected chi connectivity index (χ4v) is 2.24. The van der Waals surface area contributed by atoms with Gasteiger partial charge in [-0.25, -0.2) is 4.39 Å². The molecule has 1 aromatic carbocycles. The molecule has 0 bridgehead atoms. The molecule has 0 aliphatic heterocycles. The van der Waals surface area contributed by atoms with E-state index in [2.05, 4.69) is 35.1 Å². The van der Waals surface area contributed by atoms with Gasteiger partial charge in [0.1, 0.15) is 5.82 Å². The number of hydrogen-bond donors (Lipinski definition) is 1. The maximum Gasteiger partial charge on any atom is 0.147 e. The van der Waals surface area contributed by atoms with E-state index in [0.29, 0.717) is 16.0 Å². The van der Waals surface area contributed by atoms with Crippen molar-refractivity contribution in [2.45, 2.75) is 32.7 Å². The molecule has 0 spiro atoms. The molecule has 1 rings (SSSR count). The number of rotatable bonds is 5. The van der Waals surface area contributed by atoms with Gasteiger partial charge in [-0.05, 0) is 47.8 Å². The van der Waals surface area contributed by atoms with E-state index in [1.807, 2.05) is 7.05 Å². The monoisotopic (exact) mass is 321 g/mol. The molecule has 0 amide bonds. The largest absolute Gasteiger partial charge is 0.313 e. The zero-order chi connectivity index (χ0) is 13.0.